The number of piperazine rings is 1. The Bertz CT molecular complexity index is 1160. The van der Waals surface area contributed by atoms with Crippen LogP contribution in [0.25, 0.3) is 22.5 Å². The van der Waals surface area contributed by atoms with Gasteiger partial charge in [0.05, 0.1) is 17.0 Å². The molecule has 6 rings (SSSR count). The lowest BCUT2D eigenvalue weighted by Crippen LogP contribution is -2.47. The molecule has 1 aliphatic heterocycles. The number of ketones is 1. The van der Waals surface area contributed by atoms with Gasteiger partial charge in [0.1, 0.15) is 0 Å². The van der Waals surface area contributed by atoms with Crippen molar-refractivity contribution in [3.63, 3.8) is 0 Å². The third-order valence-electron chi connectivity index (χ3n) is 6.65. The number of rotatable bonds is 4. The molecule has 2 N–H and O–H groups in total. The number of nitrogens with two attached hydrogens (primary N) is 1. The molecule has 31 heavy (non-hydrogen) atoms. The van der Waals surface area contributed by atoms with Crippen LogP contribution in [0.1, 0.15) is 28.8 Å². The Morgan fingerprint density at radius 2 is 1.61 bits per heavy atom. The maximum absolute atomic E-state index is 13.5. The smallest absolute Gasteiger partial charge is 0.221 e. The largest absolute Gasteiger partial charge is 0.368 e. The molecule has 6 nitrogen and oxygen atoms in total. The average molecular weight is 412 g/mol. The summed E-state index contributed by atoms with van der Waals surface area (Å²) >= 11 is 0. The van der Waals surface area contributed by atoms with Crippen molar-refractivity contribution in [3.05, 3.63) is 59.7 Å². The van der Waals surface area contributed by atoms with Crippen molar-refractivity contribution in [1.29, 1.82) is 0 Å². The van der Waals surface area contributed by atoms with Gasteiger partial charge < -0.3 is 10.6 Å². The summed E-state index contributed by atoms with van der Waals surface area (Å²) in [5.74, 6) is 1.09. The molecule has 3 aromatic rings. The molecule has 0 atom stereocenters. The number of benzene rings is 2. The second kappa shape index (κ2) is 7.17. The number of hydrogen-bond donors (Lipinski definition) is 1. The lowest BCUT2D eigenvalue weighted by Gasteiger charge is -2.37. The van der Waals surface area contributed by atoms with Gasteiger partial charge in [0.25, 0.3) is 0 Å². The Hall–Kier alpha value is -3.25. The molecule has 2 fully saturated rings. The van der Waals surface area contributed by atoms with E-state index in [-0.39, 0.29) is 11.7 Å². The fourth-order valence-electron chi connectivity index (χ4n) is 4.89. The van der Waals surface area contributed by atoms with E-state index in [4.69, 9.17) is 5.73 Å². The first-order valence-corrected chi connectivity index (χ1v) is 11.1. The topological polar surface area (TPSA) is 75.3 Å². The average Bonchev–Trinajstić information content (AvgIpc) is 3.58. The van der Waals surface area contributed by atoms with Crippen molar-refractivity contribution in [2.45, 2.75) is 12.8 Å². The molecule has 2 aliphatic carbocycles. The summed E-state index contributed by atoms with van der Waals surface area (Å²) < 4.78 is 0. The zero-order chi connectivity index (χ0) is 20.9. The van der Waals surface area contributed by atoms with Crippen LogP contribution in [-0.4, -0.2) is 53.4 Å². The second-order valence-electron chi connectivity index (χ2n) is 8.78. The molecule has 0 amide bonds. The van der Waals surface area contributed by atoms with Crippen molar-refractivity contribution in [2.75, 3.05) is 43.4 Å². The predicted molar refractivity (Wildman–Crippen MR) is 122 cm³/mol. The Balaban J connectivity index is 1.41. The van der Waals surface area contributed by atoms with E-state index in [1.807, 2.05) is 42.5 Å². The van der Waals surface area contributed by atoms with Gasteiger partial charge in [0, 0.05) is 55.1 Å². The highest BCUT2D eigenvalue weighted by Crippen LogP contribution is 2.45. The Morgan fingerprint density at radius 1 is 0.871 bits per heavy atom. The van der Waals surface area contributed by atoms with Crippen molar-refractivity contribution >= 4 is 17.4 Å². The highest BCUT2D eigenvalue weighted by molar-refractivity contribution is 6.25. The number of nitrogens with zero attached hydrogens (tertiary/aromatic N) is 4. The summed E-state index contributed by atoms with van der Waals surface area (Å²) in [6.45, 7) is 5.26. The van der Waals surface area contributed by atoms with Gasteiger partial charge in [-0.2, -0.15) is 0 Å². The number of carbonyl (C=O) groups is 1. The lowest BCUT2D eigenvalue weighted by atomic mass is 10.0. The van der Waals surface area contributed by atoms with Crippen LogP contribution < -0.4 is 10.6 Å². The molecular weight excluding hydrogens is 386 g/mol. The van der Waals surface area contributed by atoms with Crippen LogP contribution in [0.15, 0.2) is 48.5 Å². The minimum atomic E-state index is -0.0157. The van der Waals surface area contributed by atoms with Gasteiger partial charge in [0.15, 0.2) is 5.78 Å². The quantitative estimate of drug-likeness (QED) is 0.554. The lowest BCUT2D eigenvalue weighted by molar-refractivity contribution is 0.104. The molecule has 0 spiro atoms. The van der Waals surface area contributed by atoms with E-state index in [2.05, 4.69) is 25.8 Å². The predicted octanol–water partition coefficient (Wildman–Crippen LogP) is 3.47. The number of hydrogen-bond acceptors (Lipinski definition) is 6. The summed E-state index contributed by atoms with van der Waals surface area (Å²) in [7, 11) is 0. The first-order chi connectivity index (χ1) is 15.2. The van der Waals surface area contributed by atoms with Gasteiger partial charge in [-0.25, -0.2) is 9.97 Å². The van der Waals surface area contributed by atoms with Crippen molar-refractivity contribution in [3.8, 4) is 22.5 Å². The molecule has 1 saturated heterocycles. The van der Waals surface area contributed by atoms with Crippen LogP contribution in [0.3, 0.4) is 0 Å². The number of fused-ring (bicyclic) bond motifs is 3. The van der Waals surface area contributed by atoms with Crippen LogP contribution >= 0.6 is 0 Å². The van der Waals surface area contributed by atoms with Crippen LogP contribution in [0, 0.1) is 5.92 Å². The monoisotopic (exact) mass is 411 g/mol. The minimum absolute atomic E-state index is 0.0157. The second-order valence-corrected chi connectivity index (χ2v) is 8.78. The molecule has 1 saturated carbocycles. The van der Waals surface area contributed by atoms with Crippen molar-refractivity contribution < 1.29 is 4.79 Å². The van der Waals surface area contributed by atoms with Gasteiger partial charge in [-0.05, 0) is 24.8 Å². The molecule has 3 aliphatic rings. The minimum Gasteiger partial charge on any atom is -0.368 e. The van der Waals surface area contributed by atoms with Gasteiger partial charge in [0.2, 0.25) is 5.95 Å². The zero-order valence-corrected chi connectivity index (χ0v) is 17.4. The van der Waals surface area contributed by atoms with Crippen LogP contribution in [0.4, 0.5) is 11.6 Å². The maximum Gasteiger partial charge on any atom is 0.221 e. The molecule has 0 unspecified atom stereocenters. The van der Waals surface area contributed by atoms with E-state index in [9.17, 15) is 4.79 Å². The van der Waals surface area contributed by atoms with Gasteiger partial charge in [-0.15, -0.1) is 0 Å². The highest BCUT2D eigenvalue weighted by atomic mass is 16.1. The molecule has 2 heterocycles. The van der Waals surface area contributed by atoms with Gasteiger partial charge in [-0.1, -0.05) is 42.5 Å². The number of nitrogen functional groups attached to an aromatic ring is 1. The fraction of sp³-hybridized carbons (Fsp3) is 0.320. The summed E-state index contributed by atoms with van der Waals surface area (Å²) in [5.41, 5.74) is 11.5. The number of carbonyl (C=O) groups excluding carboxylic acids is 1. The maximum atomic E-state index is 13.5. The normalized spacial score (nSPS) is 18.2. The molecule has 156 valence electrons. The van der Waals surface area contributed by atoms with Crippen molar-refractivity contribution in [1.82, 2.24) is 14.9 Å². The fourth-order valence-corrected chi connectivity index (χ4v) is 4.89. The number of anilines is 2. The molecule has 0 radical (unpaired) electrons. The van der Waals surface area contributed by atoms with Crippen LogP contribution in [0.5, 0.6) is 0 Å². The van der Waals surface area contributed by atoms with E-state index < -0.39 is 0 Å². The van der Waals surface area contributed by atoms with Gasteiger partial charge >= 0.3 is 0 Å². The SMILES string of the molecule is Nc1nc(-c2ccccc2)c2c(n1)-c1c(cccc1N1CCN(CC3CC3)CC1)C2=O. The molecule has 2 aromatic carbocycles. The summed E-state index contributed by atoms with van der Waals surface area (Å²) in [4.78, 5) is 27.4. The first-order valence-electron chi connectivity index (χ1n) is 11.1. The molecule has 1 aromatic heterocycles. The van der Waals surface area contributed by atoms with Crippen LogP contribution in [-0.2, 0) is 0 Å². The Kier molecular flexibility index (Phi) is 4.28. The summed E-state index contributed by atoms with van der Waals surface area (Å²) in [6.07, 6.45) is 2.77. The zero-order valence-electron chi connectivity index (χ0n) is 17.4. The van der Waals surface area contributed by atoms with E-state index >= 15 is 0 Å². The first kappa shape index (κ1) is 18.5. The molecular formula is C25H25N5O. The highest BCUT2D eigenvalue weighted by Gasteiger charge is 2.36. The van der Waals surface area contributed by atoms with Gasteiger partial charge in [-0.3, -0.25) is 9.69 Å². The van der Waals surface area contributed by atoms with Crippen LogP contribution in [0.2, 0.25) is 0 Å². The van der Waals surface area contributed by atoms with E-state index in [1.165, 1.54) is 19.4 Å². The summed E-state index contributed by atoms with van der Waals surface area (Å²) in [6, 6.07) is 15.7. The van der Waals surface area contributed by atoms with Crippen molar-refractivity contribution in [2.24, 2.45) is 5.92 Å². The standard InChI is InChI=1S/C25H25N5O/c26-25-27-22(17-5-2-1-3-6-17)21-23(28-25)20-18(24(21)31)7-4-8-19(20)30-13-11-29(12-14-30)15-16-9-10-16/h1-8,16H,9-15H2,(H2,26,27,28). The molecule has 6 heteroatoms. The van der Waals surface area contributed by atoms with E-state index in [0.717, 1.165) is 48.9 Å². The van der Waals surface area contributed by atoms with E-state index in [1.54, 1.807) is 0 Å². The molecule has 0 bridgehead atoms. The Morgan fingerprint density at radius 3 is 2.35 bits per heavy atom. The Labute approximate surface area is 181 Å². The van der Waals surface area contributed by atoms with E-state index in [0.29, 0.717) is 22.5 Å². The third-order valence-corrected chi connectivity index (χ3v) is 6.65. The summed E-state index contributed by atoms with van der Waals surface area (Å²) in [5, 5.41) is 0. The third kappa shape index (κ3) is 3.18. The number of aromatic nitrogens is 2.